The molecule has 1 aliphatic heterocycles. The lowest BCUT2D eigenvalue weighted by molar-refractivity contribution is 0.0515. The van der Waals surface area contributed by atoms with Gasteiger partial charge in [-0.05, 0) is 36.8 Å². The Hall–Kier alpha value is -0.970. The summed E-state index contributed by atoms with van der Waals surface area (Å²) in [7, 11) is 0. The Morgan fingerprint density at radius 1 is 1.50 bits per heavy atom. The van der Waals surface area contributed by atoms with Gasteiger partial charge in [-0.15, -0.1) is 0 Å². The molecule has 4 unspecified atom stereocenters. The minimum Gasteiger partial charge on any atom is -0.376 e. The van der Waals surface area contributed by atoms with Gasteiger partial charge < -0.3 is 4.74 Å². The van der Waals surface area contributed by atoms with Gasteiger partial charge in [0.25, 0.3) is 0 Å². The lowest BCUT2D eigenvalue weighted by Crippen LogP contribution is -2.49. The molecule has 4 atom stereocenters. The first-order chi connectivity index (χ1) is 8.81. The van der Waals surface area contributed by atoms with Gasteiger partial charge in [-0.25, -0.2) is 0 Å². The van der Waals surface area contributed by atoms with Gasteiger partial charge in [0.2, 0.25) is 0 Å². The van der Waals surface area contributed by atoms with Crippen LogP contribution in [0, 0.1) is 5.92 Å². The maximum atomic E-state index is 5.88. The summed E-state index contributed by atoms with van der Waals surface area (Å²) < 4.78 is 5.88. The monoisotopic (exact) mass is 247 g/mol. The number of nitrogens with one attached hydrogen (secondary N) is 1. The van der Waals surface area contributed by atoms with Gasteiger partial charge in [0.1, 0.15) is 0 Å². The van der Waals surface area contributed by atoms with Crippen molar-refractivity contribution in [2.24, 2.45) is 11.8 Å². The van der Waals surface area contributed by atoms with Gasteiger partial charge in [-0.3, -0.25) is 16.3 Å². The number of nitrogens with zero attached hydrogens (tertiary/aromatic N) is 1. The Bertz CT molecular complexity index is 423. The van der Waals surface area contributed by atoms with Crippen LogP contribution in [0.1, 0.15) is 36.9 Å². The zero-order valence-electron chi connectivity index (χ0n) is 10.8. The molecule has 18 heavy (non-hydrogen) atoms. The van der Waals surface area contributed by atoms with E-state index in [4.69, 9.17) is 10.6 Å². The van der Waals surface area contributed by atoms with E-state index in [0.717, 1.165) is 25.9 Å². The van der Waals surface area contributed by atoms with Gasteiger partial charge in [-0.1, -0.05) is 13.0 Å². The van der Waals surface area contributed by atoms with E-state index in [9.17, 15) is 0 Å². The molecule has 1 fully saturated rings. The van der Waals surface area contributed by atoms with E-state index in [0.29, 0.717) is 11.8 Å². The van der Waals surface area contributed by atoms with Crippen LogP contribution in [-0.4, -0.2) is 23.7 Å². The Kier molecular flexibility index (Phi) is 3.33. The van der Waals surface area contributed by atoms with Gasteiger partial charge in [0, 0.05) is 24.4 Å². The molecule has 4 nitrogen and oxygen atoms in total. The Morgan fingerprint density at radius 2 is 2.39 bits per heavy atom. The highest BCUT2D eigenvalue weighted by molar-refractivity contribution is 5.30. The summed E-state index contributed by atoms with van der Waals surface area (Å²) in [6, 6.07) is 4.37. The summed E-state index contributed by atoms with van der Waals surface area (Å²) >= 11 is 0. The number of nitrogens with two attached hydrogens (primary N) is 1. The van der Waals surface area contributed by atoms with E-state index in [-0.39, 0.29) is 12.1 Å². The smallest absolute Gasteiger partial charge is 0.0774 e. The maximum absolute atomic E-state index is 5.88. The Labute approximate surface area is 108 Å². The largest absolute Gasteiger partial charge is 0.376 e. The predicted molar refractivity (Wildman–Crippen MR) is 69.9 cm³/mol. The molecule has 3 rings (SSSR count). The summed E-state index contributed by atoms with van der Waals surface area (Å²) in [5.41, 5.74) is 5.57. The highest BCUT2D eigenvalue weighted by atomic mass is 16.5. The van der Waals surface area contributed by atoms with Gasteiger partial charge >= 0.3 is 0 Å². The number of ether oxygens (including phenoxy) is 1. The second kappa shape index (κ2) is 4.96. The Balaban J connectivity index is 1.85. The van der Waals surface area contributed by atoms with Crippen LogP contribution in [0.2, 0.25) is 0 Å². The zero-order valence-corrected chi connectivity index (χ0v) is 10.8. The topological polar surface area (TPSA) is 60.2 Å². The van der Waals surface area contributed by atoms with Crippen molar-refractivity contribution in [1.82, 2.24) is 10.4 Å². The average Bonchev–Trinajstić information content (AvgIpc) is 2.99. The quantitative estimate of drug-likeness (QED) is 0.625. The molecule has 2 heterocycles. The lowest BCUT2D eigenvalue weighted by Gasteiger charge is -2.30. The van der Waals surface area contributed by atoms with Crippen molar-refractivity contribution in [3.63, 3.8) is 0 Å². The molecule has 2 aliphatic rings. The zero-order chi connectivity index (χ0) is 12.5. The molecule has 0 spiro atoms. The van der Waals surface area contributed by atoms with E-state index in [1.165, 1.54) is 11.3 Å². The van der Waals surface area contributed by atoms with Crippen molar-refractivity contribution in [1.29, 1.82) is 0 Å². The fourth-order valence-corrected chi connectivity index (χ4v) is 3.41. The minimum absolute atomic E-state index is 0.179. The van der Waals surface area contributed by atoms with Crippen LogP contribution in [0.15, 0.2) is 18.3 Å². The number of aromatic nitrogens is 1. The molecular weight excluding hydrogens is 226 g/mol. The maximum Gasteiger partial charge on any atom is 0.0774 e. The molecule has 1 aromatic heterocycles. The van der Waals surface area contributed by atoms with E-state index in [2.05, 4.69) is 23.4 Å². The summed E-state index contributed by atoms with van der Waals surface area (Å²) in [4.78, 5) is 4.55. The highest BCUT2D eigenvalue weighted by Gasteiger charge is 2.39. The van der Waals surface area contributed by atoms with Crippen LogP contribution < -0.4 is 11.3 Å². The fourth-order valence-electron chi connectivity index (χ4n) is 3.41. The summed E-state index contributed by atoms with van der Waals surface area (Å²) in [5, 5.41) is 0. The van der Waals surface area contributed by atoms with Gasteiger partial charge in [0.15, 0.2) is 0 Å². The van der Waals surface area contributed by atoms with Crippen molar-refractivity contribution in [3.05, 3.63) is 29.6 Å². The molecule has 1 aromatic rings. The van der Waals surface area contributed by atoms with Crippen molar-refractivity contribution < 1.29 is 4.74 Å². The number of fused-ring (bicyclic) bond motifs is 1. The summed E-state index contributed by atoms with van der Waals surface area (Å²) in [5.74, 6) is 6.75. The Morgan fingerprint density at radius 3 is 3.11 bits per heavy atom. The van der Waals surface area contributed by atoms with E-state index >= 15 is 0 Å². The third-order valence-electron chi connectivity index (χ3n) is 4.43. The normalized spacial score (nSPS) is 32.4. The summed E-state index contributed by atoms with van der Waals surface area (Å²) in [6.07, 6.45) is 5.45. The molecule has 0 bridgehead atoms. The molecule has 98 valence electrons. The van der Waals surface area contributed by atoms with E-state index in [1.807, 2.05) is 12.3 Å². The molecule has 0 amide bonds. The molecule has 0 saturated carbocycles. The third-order valence-corrected chi connectivity index (χ3v) is 4.43. The van der Waals surface area contributed by atoms with Gasteiger partial charge in [0.05, 0.1) is 12.1 Å². The lowest BCUT2D eigenvalue weighted by atomic mass is 9.87. The van der Waals surface area contributed by atoms with Crippen molar-refractivity contribution in [2.45, 2.75) is 44.2 Å². The fraction of sp³-hybridized carbons (Fsp3) is 0.643. The number of hydrogen-bond acceptors (Lipinski definition) is 4. The first kappa shape index (κ1) is 12.1. The first-order valence-electron chi connectivity index (χ1n) is 6.82. The minimum atomic E-state index is 0.179. The molecule has 0 aromatic carbocycles. The number of hydrazine groups is 1. The summed E-state index contributed by atoms with van der Waals surface area (Å²) in [6.45, 7) is 3.10. The van der Waals surface area contributed by atoms with Crippen LogP contribution in [0.25, 0.3) is 0 Å². The molecule has 1 saturated heterocycles. The van der Waals surface area contributed by atoms with Gasteiger partial charge in [-0.2, -0.15) is 0 Å². The second-order valence-corrected chi connectivity index (χ2v) is 5.49. The van der Waals surface area contributed by atoms with Crippen molar-refractivity contribution in [2.75, 3.05) is 6.61 Å². The van der Waals surface area contributed by atoms with Crippen LogP contribution in [-0.2, 0) is 11.2 Å². The van der Waals surface area contributed by atoms with E-state index in [1.54, 1.807) is 0 Å². The first-order valence-corrected chi connectivity index (χ1v) is 6.82. The molecular formula is C14H21N3O. The number of hydrogen-bond donors (Lipinski definition) is 2. The standard InChI is InChI=1S/C14H21N3O/c1-9-6-8-18-14(9)13(17-15)11-5-4-10-3-2-7-16-12(10)11/h2-3,7,9,11,13-14,17H,4-6,8,15H2,1H3. The van der Waals surface area contributed by atoms with Crippen LogP contribution >= 0.6 is 0 Å². The third kappa shape index (κ3) is 1.94. The van der Waals surface area contributed by atoms with Crippen LogP contribution in [0.4, 0.5) is 0 Å². The average molecular weight is 247 g/mol. The van der Waals surface area contributed by atoms with E-state index < -0.39 is 0 Å². The highest BCUT2D eigenvalue weighted by Crippen LogP contribution is 2.38. The molecule has 0 radical (unpaired) electrons. The molecule has 3 N–H and O–H groups in total. The van der Waals surface area contributed by atoms with Crippen molar-refractivity contribution >= 4 is 0 Å². The number of aryl methyl sites for hydroxylation is 1. The number of rotatable bonds is 3. The van der Waals surface area contributed by atoms with Crippen LogP contribution in [0.5, 0.6) is 0 Å². The van der Waals surface area contributed by atoms with Crippen molar-refractivity contribution in [3.8, 4) is 0 Å². The molecule has 1 aliphatic carbocycles. The SMILES string of the molecule is CC1CCOC1C(NN)C1CCc2cccnc21. The number of pyridine rings is 1. The van der Waals surface area contributed by atoms with Crippen LogP contribution in [0.3, 0.4) is 0 Å². The predicted octanol–water partition coefficient (Wildman–Crippen LogP) is 1.37. The second-order valence-electron chi connectivity index (χ2n) is 5.49. The molecule has 4 heteroatoms.